The highest BCUT2D eigenvalue weighted by molar-refractivity contribution is 5.82. The summed E-state index contributed by atoms with van der Waals surface area (Å²) in [6.45, 7) is 0.892. The molecule has 1 heterocycles. The van der Waals surface area contributed by atoms with Crippen molar-refractivity contribution in [3.8, 4) is 0 Å². The highest BCUT2D eigenvalue weighted by Crippen LogP contribution is 2.41. The van der Waals surface area contributed by atoms with E-state index in [9.17, 15) is 45.4 Å². The molecule has 3 rings (SSSR count). The third-order valence-electron chi connectivity index (χ3n) is 6.09. The van der Waals surface area contributed by atoms with Gasteiger partial charge < -0.3 is 14.6 Å². The van der Waals surface area contributed by atoms with Gasteiger partial charge in [-0.3, -0.25) is 4.90 Å². The lowest BCUT2D eigenvalue weighted by Gasteiger charge is -2.27. The lowest BCUT2D eigenvalue weighted by molar-refractivity contribution is -0.143. The summed E-state index contributed by atoms with van der Waals surface area (Å²) in [5.41, 5.74) is -3.11. The molecule has 0 saturated carbocycles. The minimum atomic E-state index is -5.07. The Bertz CT molecular complexity index is 1160. The van der Waals surface area contributed by atoms with E-state index in [1.165, 1.54) is 25.1 Å². The molecular weight excluding hydrogens is 527 g/mol. The molecule has 1 amide bonds. The van der Waals surface area contributed by atoms with Crippen molar-refractivity contribution < 1.29 is 54.9 Å². The number of carbonyl (C=O) groups is 2. The number of alkyl halides is 6. The van der Waals surface area contributed by atoms with E-state index in [4.69, 9.17) is 4.74 Å². The number of rotatable bonds is 6. The van der Waals surface area contributed by atoms with Gasteiger partial charge in [0, 0.05) is 12.0 Å². The highest BCUT2D eigenvalue weighted by atomic mass is 19.4. The zero-order valence-corrected chi connectivity index (χ0v) is 19.9. The quantitative estimate of drug-likeness (QED) is 0.265. The molecule has 1 saturated heterocycles. The van der Waals surface area contributed by atoms with Crippen LogP contribution in [0.15, 0.2) is 54.6 Å². The molecule has 0 spiro atoms. The van der Waals surface area contributed by atoms with Gasteiger partial charge >= 0.3 is 24.4 Å². The highest BCUT2D eigenvalue weighted by Gasteiger charge is 2.45. The van der Waals surface area contributed by atoms with Gasteiger partial charge in [-0.15, -0.1) is 0 Å². The topological polar surface area (TPSA) is 76.1 Å². The minimum Gasteiger partial charge on any atom is -0.466 e. The van der Waals surface area contributed by atoms with Gasteiger partial charge in [0.05, 0.1) is 43.0 Å². The Balaban J connectivity index is 2.04. The summed E-state index contributed by atoms with van der Waals surface area (Å²) in [7, 11) is 1.10. The number of benzene rings is 2. The summed E-state index contributed by atoms with van der Waals surface area (Å²) < 4.78 is 104. The molecule has 0 aliphatic carbocycles. The number of hydrogen-bond donors (Lipinski definition) is 1. The number of nitrogens with zero attached hydrogens (tertiary/aromatic N) is 1. The standard InChI is InChI=1S/C25H22F7NO5/c1-13(15-9-16(24(27,28)29)11-17(10-15)25(30,31)32)38-20-12-33(23(35)36)19(7-8-21(34)37-2)22(20)14-3-5-18(26)6-4-14/h3-11,13,19-20,22H,12H2,1-2H3,(H,35,36)/t13-,19+,20+,22+/m1/s1. The number of esters is 1. The smallest absolute Gasteiger partial charge is 0.416 e. The van der Waals surface area contributed by atoms with E-state index < -0.39 is 71.1 Å². The summed E-state index contributed by atoms with van der Waals surface area (Å²) in [5, 5.41) is 9.75. The van der Waals surface area contributed by atoms with E-state index in [0.717, 1.165) is 30.2 Å². The number of carboxylic acid groups (broad SMARTS) is 1. The number of ether oxygens (including phenoxy) is 2. The van der Waals surface area contributed by atoms with Crippen LogP contribution in [-0.4, -0.2) is 47.9 Å². The van der Waals surface area contributed by atoms with Crippen molar-refractivity contribution in [2.45, 2.75) is 43.4 Å². The van der Waals surface area contributed by atoms with Gasteiger partial charge in [0.25, 0.3) is 0 Å². The molecule has 0 aromatic heterocycles. The fourth-order valence-electron chi connectivity index (χ4n) is 4.30. The van der Waals surface area contributed by atoms with Crippen molar-refractivity contribution in [1.82, 2.24) is 4.90 Å². The fraction of sp³-hybridized carbons (Fsp3) is 0.360. The van der Waals surface area contributed by atoms with Crippen LogP contribution in [0.4, 0.5) is 35.5 Å². The monoisotopic (exact) mass is 549 g/mol. The van der Waals surface area contributed by atoms with Crippen LogP contribution in [0.2, 0.25) is 0 Å². The first-order valence-corrected chi connectivity index (χ1v) is 11.1. The normalized spacial score (nSPS) is 21.1. The third-order valence-corrected chi connectivity index (χ3v) is 6.09. The van der Waals surface area contributed by atoms with Gasteiger partial charge in [0.2, 0.25) is 0 Å². The van der Waals surface area contributed by atoms with Crippen molar-refractivity contribution in [3.63, 3.8) is 0 Å². The van der Waals surface area contributed by atoms with Crippen LogP contribution in [-0.2, 0) is 26.6 Å². The van der Waals surface area contributed by atoms with Gasteiger partial charge in [-0.05, 0) is 48.4 Å². The zero-order chi connectivity index (χ0) is 28.4. The molecule has 6 nitrogen and oxygen atoms in total. The molecule has 206 valence electrons. The van der Waals surface area contributed by atoms with Crippen LogP contribution in [0.1, 0.15) is 41.2 Å². The van der Waals surface area contributed by atoms with E-state index in [2.05, 4.69) is 4.74 Å². The molecular formula is C25H22F7NO5. The Kier molecular flexibility index (Phi) is 8.39. The van der Waals surface area contributed by atoms with Crippen molar-refractivity contribution >= 4 is 12.1 Å². The second-order valence-electron chi connectivity index (χ2n) is 8.54. The lowest BCUT2D eigenvalue weighted by Crippen LogP contribution is -2.35. The van der Waals surface area contributed by atoms with Crippen LogP contribution in [0.3, 0.4) is 0 Å². The average molecular weight is 549 g/mol. The van der Waals surface area contributed by atoms with Gasteiger partial charge in [-0.2, -0.15) is 26.3 Å². The largest absolute Gasteiger partial charge is 0.466 e. The molecule has 0 unspecified atom stereocenters. The summed E-state index contributed by atoms with van der Waals surface area (Å²) >= 11 is 0. The Hall–Kier alpha value is -3.61. The number of carbonyl (C=O) groups excluding carboxylic acids is 1. The summed E-state index contributed by atoms with van der Waals surface area (Å²) in [5.74, 6) is -2.30. The van der Waals surface area contributed by atoms with Crippen LogP contribution >= 0.6 is 0 Å². The van der Waals surface area contributed by atoms with Crippen molar-refractivity contribution in [3.05, 3.63) is 82.7 Å². The molecule has 1 N–H and O–H groups in total. The summed E-state index contributed by atoms with van der Waals surface area (Å²) in [6.07, 6.45) is -11.8. The van der Waals surface area contributed by atoms with Crippen LogP contribution in [0.5, 0.6) is 0 Å². The third kappa shape index (κ3) is 6.63. The first-order chi connectivity index (χ1) is 17.6. The molecule has 38 heavy (non-hydrogen) atoms. The van der Waals surface area contributed by atoms with Crippen molar-refractivity contribution in [1.29, 1.82) is 0 Å². The number of hydrogen-bond acceptors (Lipinski definition) is 4. The number of likely N-dealkylation sites (tertiary alicyclic amines) is 1. The molecule has 1 aliphatic heterocycles. The average Bonchev–Trinajstić information content (AvgIpc) is 3.19. The molecule has 0 radical (unpaired) electrons. The van der Waals surface area contributed by atoms with Gasteiger partial charge in [0.1, 0.15) is 5.82 Å². The Morgan fingerprint density at radius 2 is 1.58 bits per heavy atom. The molecule has 13 heteroatoms. The summed E-state index contributed by atoms with van der Waals surface area (Å²) in [6, 6.07) is 4.89. The Morgan fingerprint density at radius 1 is 1.03 bits per heavy atom. The second kappa shape index (κ2) is 11.0. The van der Waals surface area contributed by atoms with Gasteiger partial charge in [0.15, 0.2) is 0 Å². The van der Waals surface area contributed by atoms with E-state index in [0.29, 0.717) is 17.7 Å². The van der Waals surface area contributed by atoms with Crippen LogP contribution in [0.25, 0.3) is 0 Å². The summed E-state index contributed by atoms with van der Waals surface area (Å²) in [4.78, 5) is 24.5. The van der Waals surface area contributed by atoms with Crippen molar-refractivity contribution in [2.75, 3.05) is 13.7 Å². The lowest BCUT2D eigenvalue weighted by atomic mass is 9.89. The van der Waals surface area contributed by atoms with Gasteiger partial charge in [-0.1, -0.05) is 18.2 Å². The van der Waals surface area contributed by atoms with E-state index in [-0.39, 0.29) is 12.6 Å². The zero-order valence-electron chi connectivity index (χ0n) is 19.9. The maximum absolute atomic E-state index is 13.6. The van der Waals surface area contributed by atoms with E-state index in [1.54, 1.807) is 0 Å². The molecule has 0 bridgehead atoms. The fourth-order valence-corrected chi connectivity index (χ4v) is 4.30. The van der Waals surface area contributed by atoms with E-state index in [1.807, 2.05) is 0 Å². The number of halogens is 7. The van der Waals surface area contributed by atoms with Crippen LogP contribution in [0, 0.1) is 5.82 Å². The first-order valence-electron chi connectivity index (χ1n) is 11.1. The molecule has 1 fully saturated rings. The Labute approximate surface area is 212 Å². The number of methoxy groups -OCH3 is 1. The maximum Gasteiger partial charge on any atom is 0.416 e. The molecule has 2 aromatic carbocycles. The Morgan fingerprint density at radius 3 is 2.05 bits per heavy atom. The van der Waals surface area contributed by atoms with Gasteiger partial charge in [-0.25, -0.2) is 14.0 Å². The molecule has 1 aliphatic rings. The predicted molar refractivity (Wildman–Crippen MR) is 119 cm³/mol. The number of amides is 1. The molecule has 2 aromatic rings. The SMILES string of the molecule is COC(=O)C=C[C@H]1[C@H](c2ccc(F)cc2)[C@@H](O[C@H](C)c2cc(C(F)(F)F)cc(C(F)(F)F)c2)CN1C(=O)O. The maximum atomic E-state index is 13.6. The van der Waals surface area contributed by atoms with Crippen LogP contribution < -0.4 is 0 Å². The van der Waals surface area contributed by atoms with Crippen molar-refractivity contribution in [2.24, 2.45) is 0 Å². The minimum absolute atomic E-state index is 0.00703. The second-order valence-corrected chi connectivity index (χ2v) is 8.54. The predicted octanol–water partition coefficient (Wildman–Crippen LogP) is 6.18. The molecule has 4 atom stereocenters. The van der Waals surface area contributed by atoms with E-state index >= 15 is 0 Å². The first kappa shape index (κ1) is 29.0.